The van der Waals surface area contributed by atoms with Crippen molar-refractivity contribution < 1.29 is 18.0 Å². The Labute approximate surface area is 142 Å². The molecule has 0 aliphatic carbocycles. The fourth-order valence-corrected chi connectivity index (χ4v) is 3.61. The molecule has 0 saturated heterocycles. The molecule has 2 amide bonds. The summed E-state index contributed by atoms with van der Waals surface area (Å²) in [5.41, 5.74) is 10.5. The van der Waals surface area contributed by atoms with Gasteiger partial charge in [0.2, 0.25) is 5.91 Å². The van der Waals surface area contributed by atoms with Crippen LogP contribution in [0.15, 0.2) is 29.2 Å². The first-order valence-electron chi connectivity index (χ1n) is 7.63. The second kappa shape index (κ2) is 7.76. The van der Waals surface area contributed by atoms with Crippen molar-refractivity contribution in [1.29, 1.82) is 0 Å². The lowest BCUT2D eigenvalue weighted by Crippen LogP contribution is -2.52. The van der Waals surface area contributed by atoms with Crippen LogP contribution < -0.4 is 16.8 Å². The van der Waals surface area contributed by atoms with Crippen LogP contribution in [0.25, 0.3) is 0 Å². The Balaban J connectivity index is 2.93. The second-order valence-corrected chi connectivity index (χ2v) is 8.56. The van der Waals surface area contributed by atoms with Crippen LogP contribution in [0.5, 0.6) is 0 Å². The normalized spacial score (nSPS) is 14.2. The average molecular weight is 355 g/mol. The molecule has 0 fully saturated rings. The van der Waals surface area contributed by atoms with E-state index >= 15 is 0 Å². The molecule has 24 heavy (non-hydrogen) atoms. The Kier molecular flexibility index (Phi) is 6.50. The highest BCUT2D eigenvalue weighted by Crippen LogP contribution is 2.17. The van der Waals surface area contributed by atoms with E-state index in [1.165, 1.54) is 24.3 Å². The van der Waals surface area contributed by atoms with E-state index < -0.39 is 27.0 Å². The third-order valence-electron chi connectivity index (χ3n) is 3.53. The largest absolute Gasteiger partial charge is 0.369 e. The van der Waals surface area contributed by atoms with Gasteiger partial charge in [-0.2, -0.15) is 0 Å². The van der Waals surface area contributed by atoms with E-state index in [1.807, 2.05) is 20.8 Å². The number of rotatable bonds is 8. The van der Waals surface area contributed by atoms with E-state index in [-0.39, 0.29) is 10.8 Å². The first-order chi connectivity index (χ1) is 11.0. The smallest absolute Gasteiger partial charge is 0.251 e. The molecule has 7 nitrogen and oxygen atoms in total. The zero-order chi connectivity index (χ0) is 18.5. The first kappa shape index (κ1) is 20.1. The van der Waals surface area contributed by atoms with Crippen molar-refractivity contribution >= 4 is 21.7 Å². The number of amides is 2. The average Bonchev–Trinajstić information content (AvgIpc) is 2.45. The lowest BCUT2D eigenvalue weighted by Gasteiger charge is -2.31. The molecule has 0 heterocycles. The third-order valence-corrected chi connectivity index (χ3v) is 5.19. The van der Waals surface area contributed by atoms with Gasteiger partial charge in [0.1, 0.15) is 5.75 Å². The maximum Gasteiger partial charge on any atom is 0.251 e. The van der Waals surface area contributed by atoms with Crippen LogP contribution in [-0.4, -0.2) is 38.1 Å². The lowest BCUT2D eigenvalue weighted by molar-refractivity contribution is -0.115. The van der Waals surface area contributed by atoms with Crippen molar-refractivity contribution in [1.82, 2.24) is 5.32 Å². The highest BCUT2D eigenvalue weighted by atomic mass is 32.2. The maximum atomic E-state index is 12.3. The van der Waals surface area contributed by atoms with Crippen LogP contribution in [0.3, 0.4) is 0 Å². The molecule has 0 aliphatic rings. The summed E-state index contributed by atoms with van der Waals surface area (Å²) in [6.45, 7) is 6.25. The van der Waals surface area contributed by atoms with Crippen molar-refractivity contribution in [3.63, 3.8) is 0 Å². The summed E-state index contributed by atoms with van der Waals surface area (Å²) in [4.78, 5) is 23.1. The molecule has 0 spiro atoms. The van der Waals surface area contributed by atoms with Gasteiger partial charge in [0, 0.05) is 17.6 Å². The van der Waals surface area contributed by atoms with Crippen LogP contribution in [0.1, 0.15) is 37.6 Å². The van der Waals surface area contributed by atoms with Crippen LogP contribution in [-0.2, 0) is 14.6 Å². The summed E-state index contributed by atoms with van der Waals surface area (Å²) in [6, 6.07) is 5.37. The SMILES string of the molecule is CC(C)CC(C)(CN)NC(=O)c1ccc(S(=O)(=O)CC(N)=O)cc1. The van der Waals surface area contributed by atoms with Gasteiger partial charge in [-0.1, -0.05) is 13.8 Å². The van der Waals surface area contributed by atoms with E-state index in [9.17, 15) is 18.0 Å². The molecule has 1 unspecified atom stereocenters. The van der Waals surface area contributed by atoms with Crippen LogP contribution >= 0.6 is 0 Å². The zero-order valence-corrected chi connectivity index (χ0v) is 15.0. The zero-order valence-electron chi connectivity index (χ0n) is 14.2. The topological polar surface area (TPSA) is 132 Å². The molecular formula is C16H25N3O4S. The third kappa shape index (κ3) is 5.61. The van der Waals surface area contributed by atoms with Crippen molar-refractivity contribution in [3.05, 3.63) is 29.8 Å². The van der Waals surface area contributed by atoms with Crippen LogP contribution in [0, 0.1) is 5.92 Å². The van der Waals surface area contributed by atoms with E-state index in [0.29, 0.717) is 18.0 Å². The Morgan fingerprint density at radius 2 is 1.75 bits per heavy atom. The maximum absolute atomic E-state index is 12.3. The summed E-state index contributed by atoms with van der Waals surface area (Å²) < 4.78 is 23.8. The minimum absolute atomic E-state index is 0.0541. The fourth-order valence-electron chi connectivity index (χ4n) is 2.52. The number of hydrogen-bond donors (Lipinski definition) is 3. The predicted octanol–water partition coefficient (Wildman–Crippen LogP) is 0.439. The molecule has 1 aromatic rings. The number of carbonyl (C=O) groups is 2. The van der Waals surface area contributed by atoms with Crippen LogP contribution in [0.2, 0.25) is 0 Å². The van der Waals surface area contributed by atoms with Gasteiger partial charge in [-0.3, -0.25) is 9.59 Å². The molecule has 8 heteroatoms. The van der Waals surface area contributed by atoms with Gasteiger partial charge >= 0.3 is 0 Å². The molecule has 0 radical (unpaired) electrons. The number of hydrogen-bond acceptors (Lipinski definition) is 5. The molecule has 1 aromatic carbocycles. The van der Waals surface area contributed by atoms with E-state index in [1.54, 1.807) is 0 Å². The highest BCUT2D eigenvalue weighted by Gasteiger charge is 2.26. The minimum Gasteiger partial charge on any atom is -0.369 e. The molecule has 0 bridgehead atoms. The molecule has 1 rings (SSSR count). The second-order valence-electron chi connectivity index (χ2n) is 6.57. The van der Waals surface area contributed by atoms with Crippen molar-refractivity contribution in [3.8, 4) is 0 Å². The van der Waals surface area contributed by atoms with Gasteiger partial charge in [0.15, 0.2) is 9.84 Å². The number of nitrogens with two attached hydrogens (primary N) is 2. The summed E-state index contributed by atoms with van der Waals surface area (Å²) in [7, 11) is -3.78. The van der Waals surface area contributed by atoms with Gasteiger partial charge in [0.05, 0.1) is 4.90 Å². The first-order valence-corrected chi connectivity index (χ1v) is 9.28. The van der Waals surface area contributed by atoms with Crippen LogP contribution in [0.4, 0.5) is 0 Å². The van der Waals surface area contributed by atoms with Crippen molar-refractivity contribution in [2.24, 2.45) is 17.4 Å². The molecular weight excluding hydrogens is 330 g/mol. The number of nitrogens with one attached hydrogen (secondary N) is 1. The number of sulfone groups is 1. The Bertz CT molecular complexity index is 699. The molecule has 5 N–H and O–H groups in total. The lowest BCUT2D eigenvalue weighted by atomic mass is 9.90. The standard InChI is InChI=1S/C16H25N3O4S/c1-11(2)8-16(3,10-17)19-15(21)12-4-6-13(7-5-12)24(22,23)9-14(18)20/h4-7,11H,8-10,17H2,1-3H3,(H2,18,20)(H,19,21). The van der Waals surface area contributed by atoms with E-state index in [2.05, 4.69) is 5.32 Å². The summed E-state index contributed by atoms with van der Waals surface area (Å²) in [5.74, 6) is -1.66. The summed E-state index contributed by atoms with van der Waals surface area (Å²) in [5, 5.41) is 2.89. The number of carbonyl (C=O) groups excluding carboxylic acids is 2. The summed E-state index contributed by atoms with van der Waals surface area (Å²) >= 11 is 0. The fraction of sp³-hybridized carbons (Fsp3) is 0.500. The molecule has 0 aromatic heterocycles. The number of benzene rings is 1. The van der Waals surface area contributed by atoms with Gasteiger partial charge in [-0.05, 0) is 43.5 Å². The van der Waals surface area contributed by atoms with Gasteiger partial charge in [0.25, 0.3) is 5.91 Å². The van der Waals surface area contributed by atoms with E-state index in [4.69, 9.17) is 11.5 Å². The predicted molar refractivity (Wildman–Crippen MR) is 92.1 cm³/mol. The highest BCUT2D eigenvalue weighted by molar-refractivity contribution is 7.92. The monoisotopic (exact) mass is 355 g/mol. The van der Waals surface area contributed by atoms with Gasteiger partial charge in [-0.25, -0.2) is 8.42 Å². The van der Waals surface area contributed by atoms with Gasteiger partial charge < -0.3 is 16.8 Å². The Morgan fingerprint density at radius 1 is 1.21 bits per heavy atom. The summed E-state index contributed by atoms with van der Waals surface area (Å²) in [6.07, 6.45) is 0.723. The number of primary amides is 1. The molecule has 0 saturated carbocycles. The Hall–Kier alpha value is -1.93. The molecule has 1 atom stereocenters. The Morgan fingerprint density at radius 3 is 2.17 bits per heavy atom. The van der Waals surface area contributed by atoms with Gasteiger partial charge in [-0.15, -0.1) is 0 Å². The quantitative estimate of drug-likeness (QED) is 0.622. The minimum atomic E-state index is -3.78. The van der Waals surface area contributed by atoms with Crippen molar-refractivity contribution in [2.45, 2.75) is 37.6 Å². The van der Waals surface area contributed by atoms with Crippen molar-refractivity contribution in [2.75, 3.05) is 12.3 Å². The molecule has 134 valence electrons. The molecule has 0 aliphatic heterocycles. The van der Waals surface area contributed by atoms with E-state index in [0.717, 1.165) is 6.42 Å².